The van der Waals surface area contributed by atoms with E-state index in [2.05, 4.69) is 44.7 Å². The van der Waals surface area contributed by atoms with Gasteiger partial charge in [-0.2, -0.15) is 5.10 Å². The molecule has 0 saturated carbocycles. The Morgan fingerprint density at radius 1 is 1.41 bits per heavy atom. The molecule has 1 aromatic heterocycles. The number of aryl methyl sites for hydroxylation is 1. The molecule has 4 heteroatoms. The summed E-state index contributed by atoms with van der Waals surface area (Å²) in [6.45, 7) is 0.942. The minimum atomic E-state index is 0.942. The number of nitrogens with one attached hydrogen (secondary N) is 1. The van der Waals surface area contributed by atoms with Gasteiger partial charge in [-0.1, -0.05) is 28.1 Å². The first-order valence-corrected chi connectivity index (χ1v) is 6.43. The molecule has 3 nitrogen and oxygen atoms in total. The van der Waals surface area contributed by atoms with Crippen LogP contribution in [0.5, 0.6) is 0 Å². The van der Waals surface area contributed by atoms with E-state index in [1.807, 2.05) is 30.9 Å². The van der Waals surface area contributed by atoms with Gasteiger partial charge in [0.15, 0.2) is 0 Å². The number of hydrogen-bond donors (Lipinski definition) is 1. The minimum absolute atomic E-state index is 0.942. The van der Waals surface area contributed by atoms with E-state index in [1.54, 1.807) is 0 Å². The first kappa shape index (κ1) is 12.3. The molecule has 1 aromatic carbocycles. The van der Waals surface area contributed by atoms with Crippen molar-refractivity contribution in [1.29, 1.82) is 0 Å². The lowest BCUT2D eigenvalue weighted by molar-refractivity contribution is 0.717. The Balaban J connectivity index is 2.37. The maximum atomic E-state index is 4.52. The molecule has 2 aromatic rings. The zero-order valence-electron chi connectivity index (χ0n) is 10.1. The molecular formula is C13H16BrN3. The van der Waals surface area contributed by atoms with Crippen molar-refractivity contribution in [2.24, 2.45) is 7.05 Å². The van der Waals surface area contributed by atoms with Gasteiger partial charge in [-0.15, -0.1) is 0 Å². The van der Waals surface area contributed by atoms with Crippen molar-refractivity contribution < 1.29 is 0 Å². The van der Waals surface area contributed by atoms with Crippen LogP contribution in [-0.2, 0) is 13.5 Å². The van der Waals surface area contributed by atoms with Gasteiger partial charge < -0.3 is 5.32 Å². The second-order valence-corrected chi connectivity index (χ2v) is 4.94. The van der Waals surface area contributed by atoms with Gasteiger partial charge in [0.1, 0.15) is 0 Å². The van der Waals surface area contributed by atoms with Gasteiger partial charge in [-0.05, 0) is 24.7 Å². The molecule has 0 aliphatic carbocycles. The van der Waals surface area contributed by atoms with E-state index < -0.39 is 0 Å². The molecule has 0 fully saturated rings. The predicted molar refractivity (Wildman–Crippen MR) is 74.0 cm³/mol. The monoisotopic (exact) mass is 293 g/mol. The van der Waals surface area contributed by atoms with Crippen molar-refractivity contribution in [3.8, 4) is 11.1 Å². The molecule has 0 radical (unpaired) electrons. The Morgan fingerprint density at radius 3 is 2.94 bits per heavy atom. The maximum absolute atomic E-state index is 4.52. The summed E-state index contributed by atoms with van der Waals surface area (Å²) in [6, 6.07) is 8.33. The first-order valence-electron chi connectivity index (χ1n) is 5.64. The van der Waals surface area contributed by atoms with Gasteiger partial charge >= 0.3 is 0 Å². The number of aromatic nitrogens is 2. The number of nitrogens with zero attached hydrogens (tertiary/aromatic N) is 2. The van der Waals surface area contributed by atoms with Crippen molar-refractivity contribution >= 4 is 15.9 Å². The van der Waals surface area contributed by atoms with E-state index in [9.17, 15) is 0 Å². The molecular weight excluding hydrogens is 278 g/mol. The van der Waals surface area contributed by atoms with E-state index in [0.29, 0.717) is 0 Å². The molecule has 0 atom stereocenters. The summed E-state index contributed by atoms with van der Waals surface area (Å²) in [5, 5.41) is 7.67. The van der Waals surface area contributed by atoms with Crippen LogP contribution in [0.4, 0.5) is 0 Å². The van der Waals surface area contributed by atoms with Crippen LogP contribution in [0.15, 0.2) is 34.9 Å². The fraction of sp³-hybridized carbons (Fsp3) is 0.308. The number of halogens is 1. The van der Waals surface area contributed by atoms with Crippen LogP contribution in [-0.4, -0.2) is 23.4 Å². The lowest BCUT2D eigenvalue weighted by Crippen LogP contribution is -2.11. The van der Waals surface area contributed by atoms with Crippen LogP contribution in [0, 0.1) is 0 Å². The lowest BCUT2D eigenvalue weighted by Gasteiger charge is -2.02. The molecule has 1 N–H and O–H groups in total. The van der Waals surface area contributed by atoms with Crippen LogP contribution in [0.1, 0.15) is 5.69 Å². The van der Waals surface area contributed by atoms with Crippen LogP contribution in [0.3, 0.4) is 0 Å². The molecule has 1 heterocycles. The van der Waals surface area contributed by atoms with E-state index >= 15 is 0 Å². The van der Waals surface area contributed by atoms with Crippen LogP contribution in [0.2, 0.25) is 0 Å². The number of likely N-dealkylation sites (N-methyl/N-ethyl adjacent to an activating group) is 1. The Labute approximate surface area is 110 Å². The highest BCUT2D eigenvalue weighted by Gasteiger charge is 2.09. The van der Waals surface area contributed by atoms with Crippen molar-refractivity contribution in [2.45, 2.75) is 6.42 Å². The van der Waals surface area contributed by atoms with E-state index in [0.717, 1.165) is 23.1 Å². The fourth-order valence-corrected chi connectivity index (χ4v) is 2.26. The number of hydrogen-bond acceptors (Lipinski definition) is 2. The van der Waals surface area contributed by atoms with Gasteiger partial charge in [0.2, 0.25) is 0 Å². The quantitative estimate of drug-likeness (QED) is 0.939. The molecule has 0 aliphatic rings. The molecule has 0 bridgehead atoms. The van der Waals surface area contributed by atoms with Gasteiger partial charge in [0, 0.05) is 36.2 Å². The third-order valence-corrected chi connectivity index (χ3v) is 3.15. The number of benzene rings is 1. The molecule has 0 amide bonds. The highest BCUT2D eigenvalue weighted by Crippen LogP contribution is 2.25. The highest BCUT2D eigenvalue weighted by atomic mass is 79.9. The zero-order valence-corrected chi connectivity index (χ0v) is 11.7. The molecule has 0 saturated heterocycles. The molecule has 0 aliphatic heterocycles. The second kappa shape index (κ2) is 5.47. The summed E-state index contributed by atoms with van der Waals surface area (Å²) >= 11 is 3.50. The Bertz CT molecular complexity index is 505. The summed E-state index contributed by atoms with van der Waals surface area (Å²) in [4.78, 5) is 0. The van der Waals surface area contributed by atoms with E-state index in [1.165, 1.54) is 11.1 Å². The van der Waals surface area contributed by atoms with Gasteiger partial charge in [0.05, 0.1) is 5.69 Å². The topological polar surface area (TPSA) is 29.9 Å². The van der Waals surface area contributed by atoms with Crippen LogP contribution in [0.25, 0.3) is 11.1 Å². The Kier molecular flexibility index (Phi) is 3.97. The molecule has 0 spiro atoms. The SMILES string of the molecule is CNCCc1nn(C)cc1-c1cccc(Br)c1. The smallest absolute Gasteiger partial charge is 0.0715 e. The van der Waals surface area contributed by atoms with Crippen molar-refractivity contribution in [1.82, 2.24) is 15.1 Å². The predicted octanol–water partition coefficient (Wildman–Crippen LogP) is 2.61. The standard InChI is InChI=1S/C13H16BrN3/c1-15-7-6-13-12(9-17(2)16-13)10-4-3-5-11(14)8-10/h3-5,8-9,15H,6-7H2,1-2H3. The molecule has 17 heavy (non-hydrogen) atoms. The zero-order chi connectivity index (χ0) is 12.3. The minimum Gasteiger partial charge on any atom is -0.319 e. The average Bonchev–Trinajstić information content (AvgIpc) is 2.68. The Hall–Kier alpha value is -1.13. The third-order valence-electron chi connectivity index (χ3n) is 2.65. The van der Waals surface area contributed by atoms with Gasteiger partial charge in [-0.3, -0.25) is 4.68 Å². The second-order valence-electron chi connectivity index (χ2n) is 4.03. The van der Waals surface area contributed by atoms with Gasteiger partial charge in [0.25, 0.3) is 0 Å². The number of rotatable bonds is 4. The summed E-state index contributed by atoms with van der Waals surface area (Å²) in [5.41, 5.74) is 3.56. The first-order chi connectivity index (χ1) is 8.20. The Morgan fingerprint density at radius 2 is 2.24 bits per heavy atom. The maximum Gasteiger partial charge on any atom is 0.0715 e. The molecule has 90 valence electrons. The molecule has 2 rings (SSSR count). The van der Waals surface area contributed by atoms with E-state index in [4.69, 9.17) is 0 Å². The summed E-state index contributed by atoms with van der Waals surface area (Å²) < 4.78 is 2.97. The van der Waals surface area contributed by atoms with E-state index in [-0.39, 0.29) is 0 Å². The third kappa shape index (κ3) is 2.96. The largest absolute Gasteiger partial charge is 0.319 e. The van der Waals surface area contributed by atoms with Crippen molar-refractivity contribution in [2.75, 3.05) is 13.6 Å². The highest BCUT2D eigenvalue weighted by molar-refractivity contribution is 9.10. The summed E-state index contributed by atoms with van der Waals surface area (Å²) in [6.07, 6.45) is 3.02. The summed E-state index contributed by atoms with van der Waals surface area (Å²) in [5.74, 6) is 0. The fourth-order valence-electron chi connectivity index (χ4n) is 1.86. The normalized spacial score (nSPS) is 10.8. The molecule has 0 unspecified atom stereocenters. The van der Waals surface area contributed by atoms with Crippen LogP contribution < -0.4 is 5.32 Å². The lowest BCUT2D eigenvalue weighted by atomic mass is 10.1. The average molecular weight is 294 g/mol. The van der Waals surface area contributed by atoms with Crippen LogP contribution >= 0.6 is 15.9 Å². The summed E-state index contributed by atoms with van der Waals surface area (Å²) in [7, 11) is 3.92. The van der Waals surface area contributed by atoms with Crippen molar-refractivity contribution in [3.05, 3.63) is 40.6 Å². The van der Waals surface area contributed by atoms with Crippen molar-refractivity contribution in [3.63, 3.8) is 0 Å². The van der Waals surface area contributed by atoms with Gasteiger partial charge in [-0.25, -0.2) is 0 Å².